The molecule has 1 fully saturated rings. The number of thiophene rings is 1. The van der Waals surface area contributed by atoms with E-state index in [1.54, 1.807) is 11.3 Å². The Morgan fingerprint density at radius 2 is 1.79 bits per heavy atom. The minimum Gasteiger partial charge on any atom is -0.338 e. The summed E-state index contributed by atoms with van der Waals surface area (Å²) in [6.07, 6.45) is 5.74. The predicted octanol–water partition coefficient (Wildman–Crippen LogP) is 6.18. The molecule has 1 saturated carbocycles. The molecule has 0 spiro atoms. The zero-order chi connectivity index (χ0) is 20.0. The van der Waals surface area contributed by atoms with Gasteiger partial charge in [0.25, 0.3) is 0 Å². The maximum atomic E-state index is 12.6. The third kappa shape index (κ3) is 5.84. The fraction of sp³-hybridized carbons (Fsp3) is 0.542. The molecule has 2 N–H and O–H groups in total. The highest BCUT2D eigenvalue weighted by molar-refractivity contribution is 7.09. The Balaban J connectivity index is 1.59. The van der Waals surface area contributed by atoms with Gasteiger partial charge in [-0.2, -0.15) is 0 Å². The Morgan fingerprint density at radius 1 is 1.07 bits per heavy atom. The fourth-order valence-corrected chi connectivity index (χ4v) is 5.11. The Hall–Kier alpha value is -1.81. The van der Waals surface area contributed by atoms with E-state index in [4.69, 9.17) is 0 Å². The molecule has 4 heteroatoms. The maximum absolute atomic E-state index is 12.6. The number of carbonyl (C=O) groups is 1. The molecule has 1 aromatic heterocycles. The van der Waals surface area contributed by atoms with Gasteiger partial charge in [-0.3, -0.25) is 0 Å². The first-order valence-corrected chi connectivity index (χ1v) is 11.4. The van der Waals surface area contributed by atoms with Crippen molar-refractivity contribution in [2.45, 2.75) is 58.9 Å². The van der Waals surface area contributed by atoms with Gasteiger partial charge in [-0.05, 0) is 66.4 Å². The van der Waals surface area contributed by atoms with Gasteiger partial charge >= 0.3 is 6.03 Å². The van der Waals surface area contributed by atoms with Crippen LogP contribution >= 0.6 is 11.3 Å². The van der Waals surface area contributed by atoms with Crippen LogP contribution in [0.25, 0.3) is 0 Å². The first kappa shape index (κ1) is 20.9. The summed E-state index contributed by atoms with van der Waals surface area (Å²) in [5.41, 5.74) is 1.59. The number of urea groups is 1. The number of carbonyl (C=O) groups excluding carboxylic acids is 1. The van der Waals surface area contributed by atoms with Gasteiger partial charge in [-0.15, -0.1) is 11.3 Å². The normalized spacial score (nSPS) is 21.1. The van der Waals surface area contributed by atoms with E-state index in [1.165, 1.54) is 36.1 Å². The second kappa shape index (κ2) is 9.60. The summed E-state index contributed by atoms with van der Waals surface area (Å²) < 4.78 is 0. The molecule has 1 heterocycles. The van der Waals surface area contributed by atoms with Crippen LogP contribution < -0.4 is 10.6 Å². The SMILES string of the molecule is CC(C)(C)C1CCC(C(NC(=O)NCCc2cccs2)c2ccccc2)CC1. The summed E-state index contributed by atoms with van der Waals surface area (Å²) in [6.45, 7) is 7.73. The summed E-state index contributed by atoms with van der Waals surface area (Å²) in [7, 11) is 0. The summed E-state index contributed by atoms with van der Waals surface area (Å²) >= 11 is 1.74. The molecule has 3 rings (SSSR count). The highest BCUT2D eigenvalue weighted by Gasteiger charge is 2.34. The molecular weight excluding hydrogens is 364 g/mol. The summed E-state index contributed by atoms with van der Waals surface area (Å²) in [4.78, 5) is 13.9. The number of hydrogen-bond donors (Lipinski definition) is 2. The summed E-state index contributed by atoms with van der Waals surface area (Å²) in [6, 6.07) is 14.7. The van der Waals surface area contributed by atoms with Gasteiger partial charge in [0.1, 0.15) is 0 Å². The molecular formula is C24H34N2OS. The molecule has 1 aliphatic carbocycles. The quantitative estimate of drug-likeness (QED) is 0.599. The van der Waals surface area contributed by atoms with Crippen molar-refractivity contribution < 1.29 is 4.79 Å². The first-order valence-electron chi connectivity index (χ1n) is 10.5. The van der Waals surface area contributed by atoms with Crippen LogP contribution in [-0.2, 0) is 6.42 Å². The Morgan fingerprint density at radius 3 is 2.39 bits per heavy atom. The second-order valence-corrected chi connectivity index (χ2v) is 10.1. The first-order chi connectivity index (χ1) is 13.4. The molecule has 1 aliphatic rings. The van der Waals surface area contributed by atoms with Gasteiger partial charge in [0.15, 0.2) is 0 Å². The molecule has 0 aliphatic heterocycles. The van der Waals surface area contributed by atoms with E-state index >= 15 is 0 Å². The van der Waals surface area contributed by atoms with E-state index in [0.29, 0.717) is 17.9 Å². The molecule has 0 bridgehead atoms. The zero-order valence-corrected chi connectivity index (χ0v) is 18.2. The van der Waals surface area contributed by atoms with Crippen molar-refractivity contribution in [3.05, 3.63) is 58.3 Å². The Kier molecular flexibility index (Phi) is 7.17. The van der Waals surface area contributed by atoms with E-state index in [0.717, 1.165) is 12.3 Å². The molecule has 2 amide bonds. The van der Waals surface area contributed by atoms with E-state index in [2.05, 4.69) is 73.2 Å². The molecule has 0 saturated heterocycles. The molecule has 1 unspecified atom stereocenters. The maximum Gasteiger partial charge on any atom is 0.315 e. The van der Waals surface area contributed by atoms with E-state index in [-0.39, 0.29) is 12.1 Å². The van der Waals surface area contributed by atoms with Crippen molar-refractivity contribution in [3.63, 3.8) is 0 Å². The smallest absolute Gasteiger partial charge is 0.315 e. The van der Waals surface area contributed by atoms with Crippen molar-refractivity contribution in [2.75, 3.05) is 6.54 Å². The van der Waals surface area contributed by atoms with Crippen LogP contribution in [0.3, 0.4) is 0 Å². The average molecular weight is 399 g/mol. The number of hydrogen-bond acceptors (Lipinski definition) is 2. The summed E-state index contributed by atoms with van der Waals surface area (Å²) in [5.74, 6) is 1.28. The van der Waals surface area contributed by atoms with Gasteiger partial charge in [-0.1, -0.05) is 57.2 Å². The Bertz CT molecular complexity index is 713. The minimum absolute atomic E-state index is 0.0524. The number of amides is 2. The lowest BCUT2D eigenvalue weighted by atomic mass is 9.68. The monoisotopic (exact) mass is 398 g/mol. The van der Waals surface area contributed by atoms with Gasteiger partial charge in [0, 0.05) is 11.4 Å². The second-order valence-electron chi connectivity index (χ2n) is 9.10. The van der Waals surface area contributed by atoms with Gasteiger partial charge in [0.05, 0.1) is 6.04 Å². The van der Waals surface area contributed by atoms with Crippen LogP contribution in [0.4, 0.5) is 4.79 Å². The third-order valence-corrected chi connectivity index (χ3v) is 7.09. The van der Waals surface area contributed by atoms with Crippen molar-refractivity contribution >= 4 is 17.4 Å². The molecule has 28 heavy (non-hydrogen) atoms. The van der Waals surface area contributed by atoms with E-state index in [1.807, 2.05) is 6.07 Å². The lowest BCUT2D eigenvalue weighted by Gasteiger charge is -2.39. The Labute approximate surface area is 173 Å². The number of benzene rings is 1. The topological polar surface area (TPSA) is 41.1 Å². The fourth-order valence-electron chi connectivity index (χ4n) is 4.40. The molecule has 0 radical (unpaired) electrons. The standard InChI is InChI=1S/C24H34N2OS/c1-24(2,3)20-13-11-19(12-14-20)22(18-8-5-4-6-9-18)26-23(27)25-16-15-21-10-7-17-28-21/h4-10,17,19-20,22H,11-16H2,1-3H3,(H2,25,26,27). The lowest BCUT2D eigenvalue weighted by Crippen LogP contribution is -2.42. The molecule has 3 nitrogen and oxygen atoms in total. The molecule has 152 valence electrons. The average Bonchev–Trinajstić information content (AvgIpc) is 3.20. The lowest BCUT2D eigenvalue weighted by molar-refractivity contribution is 0.133. The molecule has 1 aromatic carbocycles. The zero-order valence-electron chi connectivity index (χ0n) is 17.4. The minimum atomic E-state index is -0.0524. The molecule has 1 atom stereocenters. The van der Waals surface area contributed by atoms with E-state index in [9.17, 15) is 4.79 Å². The van der Waals surface area contributed by atoms with Crippen LogP contribution in [-0.4, -0.2) is 12.6 Å². The predicted molar refractivity (Wildman–Crippen MR) is 119 cm³/mol. The van der Waals surface area contributed by atoms with E-state index < -0.39 is 0 Å². The molecule has 2 aromatic rings. The van der Waals surface area contributed by atoms with Crippen LogP contribution in [0, 0.1) is 17.3 Å². The third-order valence-electron chi connectivity index (χ3n) is 6.15. The number of nitrogens with one attached hydrogen (secondary N) is 2. The highest BCUT2D eigenvalue weighted by atomic mass is 32.1. The van der Waals surface area contributed by atoms with Gasteiger partial charge in [-0.25, -0.2) is 4.79 Å². The van der Waals surface area contributed by atoms with Crippen molar-refractivity contribution in [3.8, 4) is 0 Å². The van der Waals surface area contributed by atoms with Crippen LogP contribution in [0.15, 0.2) is 47.8 Å². The number of rotatable bonds is 6. The highest BCUT2D eigenvalue weighted by Crippen LogP contribution is 2.43. The largest absolute Gasteiger partial charge is 0.338 e. The van der Waals surface area contributed by atoms with Crippen LogP contribution in [0.5, 0.6) is 0 Å². The van der Waals surface area contributed by atoms with Crippen LogP contribution in [0.2, 0.25) is 0 Å². The summed E-state index contributed by atoms with van der Waals surface area (Å²) in [5, 5.41) is 8.42. The van der Waals surface area contributed by atoms with Crippen molar-refractivity contribution in [1.29, 1.82) is 0 Å². The van der Waals surface area contributed by atoms with Gasteiger partial charge < -0.3 is 10.6 Å². The van der Waals surface area contributed by atoms with Crippen molar-refractivity contribution in [1.82, 2.24) is 10.6 Å². The van der Waals surface area contributed by atoms with Gasteiger partial charge in [0.2, 0.25) is 0 Å². The van der Waals surface area contributed by atoms with Crippen LogP contribution in [0.1, 0.15) is 62.9 Å². The van der Waals surface area contributed by atoms with Crippen molar-refractivity contribution in [2.24, 2.45) is 17.3 Å².